The van der Waals surface area contributed by atoms with Crippen LogP contribution in [-0.4, -0.2) is 4.98 Å². The summed E-state index contributed by atoms with van der Waals surface area (Å²) in [6, 6.07) is 13.2. The molecule has 2 heteroatoms. The van der Waals surface area contributed by atoms with Crippen LogP contribution < -0.4 is 0 Å². The highest BCUT2D eigenvalue weighted by molar-refractivity contribution is 7.16. The summed E-state index contributed by atoms with van der Waals surface area (Å²) in [6.45, 7) is 4.34. The van der Waals surface area contributed by atoms with Gasteiger partial charge in [0.2, 0.25) is 0 Å². The maximum atomic E-state index is 4.37. The largest absolute Gasteiger partial charge is 0.245 e. The summed E-state index contributed by atoms with van der Waals surface area (Å²) in [5.41, 5.74) is 8.63. The molecule has 1 aromatic heterocycles. The van der Waals surface area contributed by atoms with E-state index in [1.165, 1.54) is 27.0 Å². The lowest BCUT2D eigenvalue weighted by Crippen LogP contribution is -1.94. The third kappa shape index (κ3) is 2.54. The van der Waals surface area contributed by atoms with Gasteiger partial charge in [0.05, 0.1) is 15.7 Å². The minimum absolute atomic E-state index is 1.10. The highest BCUT2D eigenvalue weighted by Gasteiger charge is 2.06. The Hall–Kier alpha value is -1.67. The zero-order chi connectivity index (χ0) is 13.2. The molecular weight excluding hydrogens is 250 g/mol. The van der Waals surface area contributed by atoms with Crippen molar-refractivity contribution < 1.29 is 0 Å². The zero-order valence-corrected chi connectivity index (χ0v) is 12.1. The van der Waals surface area contributed by atoms with Crippen molar-refractivity contribution in [3.8, 4) is 0 Å². The average molecular weight is 267 g/mol. The minimum atomic E-state index is 1.10. The lowest BCUT2D eigenvalue weighted by molar-refractivity contribution is 0.952. The number of hydrogen-bond donors (Lipinski definition) is 0. The molecule has 0 spiro atoms. The van der Waals surface area contributed by atoms with Crippen LogP contribution >= 0.6 is 11.3 Å². The van der Waals surface area contributed by atoms with Crippen molar-refractivity contribution in [2.45, 2.75) is 26.7 Å². The highest BCUT2D eigenvalue weighted by Crippen LogP contribution is 2.25. The molecule has 0 radical (unpaired) electrons. The molecule has 0 aliphatic rings. The third-order valence-electron chi connectivity index (χ3n) is 3.66. The summed E-state index contributed by atoms with van der Waals surface area (Å²) in [5.74, 6) is 0. The van der Waals surface area contributed by atoms with Crippen molar-refractivity contribution in [1.82, 2.24) is 4.98 Å². The average Bonchev–Trinajstić information content (AvgIpc) is 2.89. The first kappa shape index (κ1) is 12.4. The first-order chi connectivity index (χ1) is 9.24. The van der Waals surface area contributed by atoms with Crippen molar-refractivity contribution in [2.75, 3.05) is 0 Å². The molecule has 2 aromatic carbocycles. The summed E-state index contributed by atoms with van der Waals surface area (Å²) in [6.07, 6.45) is 2.20. The fourth-order valence-corrected chi connectivity index (χ4v) is 3.23. The Morgan fingerprint density at radius 1 is 0.947 bits per heavy atom. The summed E-state index contributed by atoms with van der Waals surface area (Å²) in [5, 5.41) is 0. The van der Waals surface area contributed by atoms with E-state index in [1.807, 2.05) is 5.51 Å². The van der Waals surface area contributed by atoms with Gasteiger partial charge in [0.15, 0.2) is 0 Å². The minimum Gasteiger partial charge on any atom is -0.245 e. The summed E-state index contributed by atoms with van der Waals surface area (Å²) in [7, 11) is 0. The van der Waals surface area contributed by atoms with Crippen LogP contribution in [0.15, 0.2) is 41.9 Å². The van der Waals surface area contributed by atoms with Gasteiger partial charge in [-0.2, -0.15) is 0 Å². The van der Waals surface area contributed by atoms with Crippen molar-refractivity contribution >= 4 is 21.6 Å². The van der Waals surface area contributed by atoms with Crippen LogP contribution in [0.2, 0.25) is 0 Å². The maximum absolute atomic E-state index is 4.37. The molecule has 1 nitrogen and oxygen atoms in total. The molecule has 0 aliphatic heterocycles. The van der Waals surface area contributed by atoms with Gasteiger partial charge in [0.1, 0.15) is 0 Å². The van der Waals surface area contributed by atoms with Gasteiger partial charge in [0, 0.05) is 0 Å². The summed E-state index contributed by atoms with van der Waals surface area (Å²) < 4.78 is 1.33. The Labute approximate surface area is 117 Å². The van der Waals surface area contributed by atoms with Crippen LogP contribution in [0, 0.1) is 13.8 Å². The molecule has 0 aliphatic carbocycles. The Morgan fingerprint density at radius 3 is 2.53 bits per heavy atom. The molecule has 0 unspecified atom stereocenters. The second-order valence-corrected chi connectivity index (χ2v) is 5.89. The van der Waals surface area contributed by atoms with E-state index in [0.29, 0.717) is 0 Å². The van der Waals surface area contributed by atoms with Gasteiger partial charge in [-0.1, -0.05) is 35.9 Å². The number of benzene rings is 2. The highest BCUT2D eigenvalue weighted by atomic mass is 32.1. The smallest absolute Gasteiger partial charge is 0.0814 e. The van der Waals surface area contributed by atoms with Crippen LogP contribution in [0.3, 0.4) is 0 Å². The van der Waals surface area contributed by atoms with Gasteiger partial charge >= 0.3 is 0 Å². The van der Waals surface area contributed by atoms with E-state index in [0.717, 1.165) is 18.4 Å². The van der Waals surface area contributed by atoms with Crippen LogP contribution in [0.5, 0.6) is 0 Å². The lowest BCUT2D eigenvalue weighted by atomic mass is 10.00. The van der Waals surface area contributed by atoms with Gasteiger partial charge in [-0.3, -0.25) is 0 Å². The number of nitrogens with zero attached hydrogens (tertiary/aromatic N) is 1. The molecule has 96 valence electrons. The number of fused-ring (bicyclic) bond motifs is 1. The molecule has 3 rings (SSSR count). The first-order valence-electron chi connectivity index (χ1n) is 6.61. The monoisotopic (exact) mass is 267 g/mol. The number of hydrogen-bond acceptors (Lipinski definition) is 2. The molecule has 0 amide bonds. The second-order valence-electron chi connectivity index (χ2n) is 5.04. The predicted octanol–water partition coefficient (Wildman–Crippen LogP) is 4.70. The maximum Gasteiger partial charge on any atom is 0.0814 e. The molecule has 0 N–H and O–H groups in total. The van der Waals surface area contributed by atoms with E-state index in [2.05, 4.69) is 55.2 Å². The normalized spacial score (nSPS) is 11.1. The van der Waals surface area contributed by atoms with Crippen molar-refractivity contribution in [3.63, 3.8) is 0 Å². The third-order valence-corrected chi connectivity index (χ3v) is 4.63. The Kier molecular flexibility index (Phi) is 3.34. The number of aromatic nitrogens is 1. The molecule has 0 saturated heterocycles. The van der Waals surface area contributed by atoms with Crippen LogP contribution in [-0.2, 0) is 12.8 Å². The molecule has 0 bridgehead atoms. The molecule has 0 saturated carbocycles. The standard InChI is InChI=1S/C17H17NS/c1-12-3-5-14(6-4-12)7-8-15-9-10-16-17(13(15)2)19-11-18-16/h3-6,9-11H,7-8H2,1-2H3. The fraction of sp³-hybridized carbons (Fsp3) is 0.235. The van der Waals surface area contributed by atoms with Gasteiger partial charge in [0.25, 0.3) is 0 Å². The van der Waals surface area contributed by atoms with E-state index in [9.17, 15) is 0 Å². The van der Waals surface area contributed by atoms with Crippen molar-refractivity contribution in [1.29, 1.82) is 0 Å². The van der Waals surface area contributed by atoms with Crippen LogP contribution in [0.1, 0.15) is 22.3 Å². The molecular formula is C17H17NS. The van der Waals surface area contributed by atoms with Gasteiger partial charge in [-0.25, -0.2) is 4.98 Å². The molecule has 3 aromatic rings. The first-order valence-corrected chi connectivity index (χ1v) is 7.49. The Morgan fingerprint density at radius 2 is 1.74 bits per heavy atom. The molecule has 1 heterocycles. The zero-order valence-electron chi connectivity index (χ0n) is 11.3. The van der Waals surface area contributed by atoms with Crippen molar-refractivity contribution in [3.05, 3.63) is 64.2 Å². The van der Waals surface area contributed by atoms with E-state index in [-0.39, 0.29) is 0 Å². The molecule has 0 atom stereocenters. The van der Waals surface area contributed by atoms with Gasteiger partial charge in [-0.05, 0) is 49.4 Å². The molecule has 19 heavy (non-hydrogen) atoms. The van der Waals surface area contributed by atoms with E-state index in [4.69, 9.17) is 0 Å². The van der Waals surface area contributed by atoms with Crippen LogP contribution in [0.4, 0.5) is 0 Å². The number of thiazole rings is 1. The van der Waals surface area contributed by atoms with Gasteiger partial charge < -0.3 is 0 Å². The quantitative estimate of drug-likeness (QED) is 0.670. The van der Waals surface area contributed by atoms with E-state index in [1.54, 1.807) is 11.3 Å². The predicted molar refractivity (Wildman–Crippen MR) is 82.9 cm³/mol. The lowest BCUT2D eigenvalue weighted by Gasteiger charge is -2.07. The van der Waals surface area contributed by atoms with Crippen molar-refractivity contribution in [2.24, 2.45) is 0 Å². The van der Waals surface area contributed by atoms with E-state index >= 15 is 0 Å². The fourth-order valence-electron chi connectivity index (χ4n) is 2.41. The summed E-state index contributed by atoms with van der Waals surface area (Å²) >= 11 is 1.74. The number of aryl methyl sites for hydroxylation is 4. The SMILES string of the molecule is Cc1ccc(CCc2ccc3ncsc3c2C)cc1. The van der Waals surface area contributed by atoms with Gasteiger partial charge in [-0.15, -0.1) is 11.3 Å². The topological polar surface area (TPSA) is 12.9 Å². The second kappa shape index (κ2) is 5.14. The summed E-state index contributed by atoms with van der Waals surface area (Å²) in [4.78, 5) is 4.37. The van der Waals surface area contributed by atoms with E-state index < -0.39 is 0 Å². The Bertz CT molecular complexity index is 695. The molecule has 0 fully saturated rings. The van der Waals surface area contributed by atoms with Crippen LogP contribution in [0.25, 0.3) is 10.2 Å². The number of rotatable bonds is 3. The Balaban J connectivity index is 1.81.